The van der Waals surface area contributed by atoms with E-state index in [1.165, 1.54) is 6.07 Å². The molecule has 1 aliphatic rings. The molecule has 1 fully saturated rings. The van der Waals surface area contributed by atoms with Gasteiger partial charge in [0, 0.05) is 62.9 Å². The first-order valence-corrected chi connectivity index (χ1v) is 8.34. The maximum atomic E-state index is 14.3. The fourth-order valence-electron chi connectivity index (χ4n) is 3.06. The van der Waals surface area contributed by atoms with Gasteiger partial charge in [-0.3, -0.25) is 15.0 Å². The van der Waals surface area contributed by atoms with Crippen molar-refractivity contribution in [3.63, 3.8) is 0 Å². The average molecular weight is 338 g/mol. The summed E-state index contributed by atoms with van der Waals surface area (Å²) in [5.41, 5.74) is 3.81. The minimum absolute atomic E-state index is 0.284. The molecule has 0 atom stereocenters. The molecule has 128 valence electrons. The van der Waals surface area contributed by atoms with E-state index in [0.717, 1.165) is 37.6 Å². The van der Waals surface area contributed by atoms with Crippen molar-refractivity contribution < 1.29 is 4.39 Å². The summed E-state index contributed by atoms with van der Waals surface area (Å²) in [5.74, 6) is -0.284. The lowest BCUT2D eigenvalue weighted by atomic mass is 10.1. The molecule has 1 aliphatic heterocycles. The monoisotopic (exact) mass is 338 g/mol. The number of hydrogen-bond acceptors (Lipinski definition) is 6. The smallest absolute Gasteiger partial charge is 0.130 e. The molecule has 4 rings (SSSR count). The van der Waals surface area contributed by atoms with E-state index in [0.29, 0.717) is 23.1 Å². The number of piperazine rings is 1. The average Bonchev–Trinajstić information content (AvgIpc) is 2.67. The zero-order chi connectivity index (χ0) is 17.1. The number of rotatable bonds is 4. The molecule has 0 saturated carbocycles. The first kappa shape index (κ1) is 15.7. The van der Waals surface area contributed by atoms with E-state index >= 15 is 0 Å². The first-order valence-electron chi connectivity index (χ1n) is 8.34. The third-order valence-electron chi connectivity index (χ3n) is 4.36. The van der Waals surface area contributed by atoms with Crippen LogP contribution in [0.25, 0.3) is 11.0 Å². The number of anilines is 2. The van der Waals surface area contributed by atoms with Crippen molar-refractivity contribution in [2.75, 3.05) is 36.4 Å². The second-order valence-corrected chi connectivity index (χ2v) is 5.97. The van der Waals surface area contributed by atoms with Gasteiger partial charge in [0.1, 0.15) is 5.82 Å². The van der Waals surface area contributed by atoms with Crippen LogP contribution in [0, 0.1) is 5.82 Å². The molecule has 3 aromatic rings. The van der Waals surface area contributed by atoms with Gasteiger partial charge in [0.25, 0.3) is 0 Å². The Morgan fingerprint density at radius 1 is 1.08 bits per heavy atom. The molecule has 0 bridgehead atoms. The minimum atomic E-state index is -0.284. The van der Waals surface area contributed by atoms with Crippen molar-refractivity contribution in [3.05, 3.63) is 54.4 Å². The minimum Gasteiger partial charge on any atom is -0.378 e. The molecule has 2 N–H and O–H groups in total. The standard InChI is InChI=1S/C18H19FN6/c19-14-10-16-15(22-3-4-23-16)9-13(14)11-24-17-12-21-2-1-18(17)25-7-5-20-6-8-25/h1-4,9-10,12,20,24H,5-8,11H2. The topological polar surface area (TPSA) is 66.0 Å². The van der Waals surface area contributed by atoms with Crippen LogP contribution in [-0.4, -0.2) is 41.1 Å². The Labute approximate surface area is 145 Å². The molecule has 0 unspecified atom stereocenters. The van der Waals surface area contributed by atoms with E-state index in [2.05, 4.69) is 30.5 Å². The number of nitrogens with zero attached hydrogens (tertiary/aromatic N) is 4. The zero-order valence-corrected chi connectivity index (χ0v) is 13.7. The number of aromatic nitrogens is 3. The first-order chi connectivity index (χ1) is 12.3. The summed E-state index contributed by atoms with van der Waals surface area (Å²) in [7, 11) is 0. The molecule has 2 aromatic heterocycles. The maximum Gasteiger partial charge on any atom is 0.130 e. The molecule has 0 radical (unpaired) electrons. The Hall–Kier alpha value is -2.80. The Morgan fingerprint density at radius 2 is 1.84 bits per heavy atom. The summed E-state index contributed by atoms with van der Waals surface area (Å²) < 4.78 is 14.3. The highest BCUT2D eigenvalue weighted by atomic mass is 19.1. The summed E-state index contributed by atoms with van der Waals surface area (Å²) >= 11 is 0. The molecular weight excluding hydrogens is 319 g/mol. The molecule has 3 heterocycles. The van der Waals surface area contributed by atoms with E-state index in [1.54, 1.807) is 30.9 Å². The molecule has 1 aromatic carbocycles. The van der Waals surface area contributed by atoms with Gasteiger partial charge in [-0.05, 0) is 12.1 Å². The van der Waals surface area contributed by atoms with Crippen molar-refractivity contribution in [3.8, 4) is 0 Å². The van der Waals surface area contributed by atoms with Crippen LogP contribution in [0.1, 0.15) is 5.56 Å². The van der Waals surface area contributed by atoms with E-state index in [4.69, 9.17) is 0 Å². The van der Waals surface area contributed by atoms with Crippen LogP contribution in [0.2, 0.25) is 0 Å². The van der Waals surface area contributed by atoms with Crippen LogP contribution in [0.5, 0.6) is 0 Å². The van der Waals surface area contributed by atoms with Crippen LogP contribution < -0.4 is 15.5 Å². The lowest BCUT2D eigenvalue weighted by Gasteiger charge is -2.31. The second-order valence-electron chi connectivity index (χ2n) is 5.97. The van der Waals surface area contributed by atoms with Crippen LogP contribution in [-0.2, 0) is 6.54 Å². The molecule has 6 nitrogen and oxygen atoms in total. The van der Waals surface area contributed by atoms with Crippen molar-refractivity contribution in [2.45, 2.75) is 6.54 Å². The van der Waals surface area contributed by atoms with E-state index in [9.17, 15) is 4.39 Å². The molecule has 0 amide bonds. The molecule has 7 heteroatoms. The molecule has 0 aliphatic carbocycles. The molecular formula is C18H19FN6. The number of pyridine rings is 1. The van der Waals surface area contributed by atoms with E-state index < -0.39 is 0 Å². The number of benzene rings is 1. The number of hydrogen-bond donors (Lipinski definition) is 2. The number of nitrogens with one attached hydrogen (secondary N) is 2. The Bertz CT molecular complexity index is 878. The fraction of sp³-hybridized carbons (Fsp3) is 0.278. The van der Waals surface area contributed by atoms with E-state index in [1.807, 2.05) is 6.07 Å². The Balaban J connectivity index is 1.56. The van der Waals surface area contributed by atoms with Crippen molar-refractivity contribution >= 4 is 22.4 Å². The van der Waals surface area contributed by atoms with Gasteiger partial charge in [0.05, 0.1) is 28.6 Å². The van der Waals surface area contributed by atoms with Gasteiger partial charge in [-0.15, -0.1) is 0 Å². The zero-order valence-electron chi connectivity index (χ0n) is 13.7. The lowest BCUT2D eigenvalue weighted by Crippen LogP contribution is -2.43. The predicted octanol–water partition coefficient (Wildman–Crippen LogP) is 2.19. The quantitative estimate of drug-likeness (QED) is 0.760. The van der Waals surface area contributed by atoms with Gasteiger partial charge >= 0.3 is 0 Å². The highest BCUT2D eigenvalue weighted by molar-refractivity contribution is 5.75. The number of halogens is 1. The van der Waals surface area contributed by atoms with Gasteiger partial charge < -0.3 is 15.5 Å². The van der Waals surface area contributed by atoms with Gasteiger partial charge in [-0.25, -0.2) is 4.39 Å². The highest BCUT2D eigenvalue weighted by Gasteiger charge is 2.14. The SMILES string of the molecule is Fc1cc2nccnc2cc1CNc1cnccc1N1CCNCC1. The third kappa shape index (κ3) is 3.36. The van der Waals surface area contributed by atoms with Crippen LogP contribution >= 0.6 is 0 Å². The summed E-state index contributed by atoms with van der Waals surface area (Å²) in [6.07, 6.45) is 6.75. The number of fused-ring (bicyclic) bond motifs is 1. The van der Waals surface area contributed by atoms with Crippen molar-refractivity contribution in [1.82, 2.24) is 20.3 Å². The van der Waals surface area contributed by atoms with Crippen LogP contribution in [0.4, 0.5) is 15.8 Å². The lowest BCUT2D eigenvalue weighted by molar-refractivity contribution is 0.589. The van der Waals surface area contributed by atoms with Crippen molar-refractivity contribution in [1.29, 1.82) is 0 Å². The van der Waals surface area contributed by atoms with E-state index in [-0.39, 0.29) is 5.82 Å². The van der Waals surface area contributed by atoms with Crippen molar-refractivity contribution in [2.24, 2.45) is 0 Å². The van der Waals surface area contributed by atoms with Gasteiger partial charge in [-0.2, -0.15) is 0 Å². The van der Waals surface area contributed by atoms with Crippen LogP contribution in [0.15, 0.2) is 43.0 Å². The summed E-state index contributed by atoms with van der Waals surface area (Å²) in [4.78, 5) is 14.9. The summed E-state index contributed by atoms with van der Waals surface area (Å²) in [6.45, 7) is 4.17. The molecule has 1 saturated heterocycles. The van der Waals surface area contributed by atoms with Crippen LogP contribution in [0.3, 0.4) is 0 Å². The molecule has 0 spiro atoms. The fourth-order valence-corrected chi connectivity index (χ4v) is 3.06. The summed E-state index contributed by atoms with van der Waals surface area (Å²) in [5, 5.41) is 6.67. The third-order valence-corrected chi connectivity index (χ3v) is 4.36. The Morgan fingerprint density at radius 3 is 2.64 bits per heavy atom. The summed E-state index contributed by atoms with van der Waals surface area (Å²) in [6, 6.07) is 5.17. The normalized spacial score (nSPS) is 14.7. The highest BCUT2D eigenvalue weighted by Crippen LogP contribution is 2.26. The second kappa shape index (κ2) is 6.98. The van der Waals surface area contributed by atoms with Gasteiger partial charge in [-0.1, -0.05) is 0 Å². The predicted molar refractivity (Wildman–Crippen MR) is 96.1 cm³/mol. The maximum absolute atomic E-state index is 14.3. The molecule has 25 heavy (non-hydrogen) atoms. The van der Waals surface area contributed by atoms with Gasteiger partial charge in [0.2, 0.25) is 0 Å². The largest absolute Gasteiger partial charge is 0.378 e. The van der Waals surface area contributed by atoms with Gasteiger partial charge in [0.15, 0.2) is 0 Å². The Kier molecular flexibility index (Phi) is 4.39.